The average Bonchev–Trinajstić information content (AvgIpc) is 2.28. The van der Waals surface area contributed by atoms with Gasteiger partial charge in [0.1, 0.15) is 5.60 Å². The van der Waals surface area contributed by atoms with Crippen LogP contribution in [0.2, 0.25) is 0 Å². The Bertz CT molecular complexity index is 458. The van der Waals surface area contributed by atoms with E-state index >= 15 is 0 Å². The Kier molecular flexibility index (Phi) is 6.38. The van der Waals surface area contributed by atoms with Crippen LogP contribution in [0.1, 0.15) is 27.2 Å². The van der Waals surface area contributed by atoms with Gasteiger partial charge in [-0.3, -0.25) is 0 Å². The molecule has 0 saturated heterocycles. The van der Waals surface area contributed by atoms with Crippen molar-refractivity contribution in [3.05, 3.63) is 21.8 Å². The van der Waals surface area contributed by atoms with Gasteiger partial charge in [-0.05, 0) is 68.0 Å². The maximum atomic E-state index is 11.4. The van der Waals surface area contributed by atoms with Crippen LogP contribution < -0.4 is 16.4 Å². The highest BCUT2D eigenvalue weighted by molar-refractivity contribution is 14.1. The van der Waals surface area contributed by atoms with Crippen LogP contribution in [0, 0.1) is 3.57 Å². The SMILES string of the molecule is CC(C)(C)OC(=O)NCCCNc1ccc(I)cc1N. The van der Waals surface area contributed by atoms with Gasteiger partial charge in [0, 0.05) is 16.7 Å². The van der Waals surface area contributed by atoms with Crippen molar-refractivity contribution in [1.82, 2.24) is 5.32 Å². The van der Waals surface area contributed by atoms with Crippen molar-refractivity contribution in [2.45, 2.75) is 32.8 Å². The zero-order valence-corrected chi connectivity index (χ0v) is 14.3. The minimum atomic E-state index is -0.460. The van der Waals surface area contributed by atoms with Gasteiger partial charge in [0.15, 0.2) is 0 Å². The van der Waals surface area contributed by atoms with Crippen molar-refractivity contribution in [3.8, 4) is 0 Å². The molecule has 20 heavy (non-hydrogen) atoms. The summed E-state index contributed by atoms with van der Waals surface area (Å²) in [5.74, 6) is 0. The number of alkyl carbamates (subject to hydrolysis) is 1. The molecule has 0 unspecified atom stereocenters. The molecule has 4 N–H and O–H groups in total. The van der Waals surface area contributed by atoms with Crippen LogP contribution in [0.4, 0.5) is 16.2 Å². The van der Waals surface area contributed by atoms with Gasteiger partial charge in [0.2, 0.25) is 0 Å². The molecule has 1 aromatic rings. The van der Waals surface area contributed by atoms with Crippen LogP contribution >= 0.6 is 22.6 Å². The topological polar surface area (TPSA) is 76.4 Å². The summed E-state index contributed by atoms with van der Waals surface area (Å²) >= 11 is 2.22. The van der Waals surface area contributed by atoms with Crippen molar-refractivity contribution in [2.75, 3.05) is 24.1 Å². The molecule has 0 aromatic heterocycles. The Morgan fingerprint density at radius 2 is 2.05 bits per heavy atom. The first-order chi connectivity index (χ1) is 9.28. The number of nitrogens with two attached hydrogens (primary N) is 1. The van der Waals surface area contributed by atoms with Crippen molar-refractivity contribution in [1.29, 1.82) is 0 Å². The number of amides is 1. The van der Waals surface area contributed by atoms with E-state index in [-0.39, 0.29) is 6.09 Å². The summed E-state index contributed by atoms with van der Waals surface area (Å²) in [6.07, 6.45) is 0.413. The lowest BCUT2D eigenvalue weighted by atomic mass is 10.2. The van der Waals surface area contributed by atoms with Gasteiger partial charge in [-0.2, -0.15) is 0 Å². The highest BCUT2D eigenvalue weighted by Crippen LogP contribution is 2.20. The van der Waals surface area contributed by atoms with E-state index in [9.17, 15) is 4.79 Å². The lowest BCUT2D eigenvalue weighted by Gasteiger charge is -2.19. The fourth-order valence-electron chi connectivity index (χ4n) is 1.51. The third kappa shape index (κ3) is 6.83. The number of nitrogen functional groups attached to an aromatic ring is 1. The first-order valence-electron chi connectivity index (χ1n) is 6.54. The average molecular weight is 391 g/mol. The van der Waals surface area contributed by atoms with Gasteiger partial charge in [0.05, 0.1) is 11.4 Å². The molecule has 0 atom stereocenters. The number of hydrogen-bond donors (Lipinski definition) is 3. The van der Waals surface area contributed by atoms with Crippen LogP contribution in [0.3, 0.4) is 0 Å². The summed E-state index contributed by atoms with van der Waals surface area (Å²) in [5, 5.41) is 5.96. The lowest BCUT2D eigenvalue weighted by Crippen LogP contribution is -2.33. The number of ether oxygens (including phenoxy) is 1. The Morgan fingerprint density at radius 3 is 2.65 bits per heavy atom. The molecule has 0 fully saturated rings. The summed E-state index contributed by atoms with van der Waals surface area (Å²) in [6, 6.07) is 5.87. The van der Waals surface area contributed by atoms with Crippen LogP contribution in [-0.2, 0) is 4.74 Å². The van der Waals surface area contributed by atoms with Crippen LogP contribution in [0.15, 0.2) is 18.2 Å². The summed E-state index contributed by atoms with van der Waals surface area (Å²) in [4.78, 5) is 11.4. The molecule has 5 nitrogen and oxygen atoms in total. The molecule has 1 rings (SSSR count). The number of benzene rings is 1. The predicted octanol–water partition coefficient (Wildman–Crippen LogP) is 3.20. The van der Waals surface area contributed by atoms with E-state index in [1.807, 2.05) is 39.0 Å². The second kappa shape index (κ2) is 7.56. The Morgan fingerprint density at radius 1 is 1.35 bits per heavy atom. The number of carbonyl (C=O) groups is 1. The lowest BCUT2D eigenvalue weighted by molar-refractivity contribution is 0.0528. The zero-order chi connectivity index (χ0) is 15.2. The van der Waals surface area contributed by atoms with Crippen LogP contribution in [0.5, 0.6) is 0 Å². The quantitative estimate of drug-likeness (QED) is 0.409. The molecule has 6 heteroatoms. The molecule has 0 radical (unpaired) electrons. The standard InChI is InChI=1S/C14H22IN3O2/c1-14(2,3)20-13(19)18-8-4-7-17-12-6-5-10(15)9-11(12)16/h5-6,9,17H,4,7-8,16H2,1-3H3,(H,18,19). The molecule has 1 aromatic carbocycles. The number of rotatable bonds is 5. The van der Waals surface area contributed by atoms with Gasteiger partial charge in [0.25, 0.3) is 0 Å². The molecule has 0 heterocycles. The van der Waals surface area contributed by atoms with Gasteiger partial charge in [-0.25, -0.2) is 4.79 Å². The summed E-state index contributed by atoms with van der Waals surface area (Å²) in [7, 11) is 0. The highest BCUT2D eigenvalue weighted by Gasteiger charge is 2.15. The molecule has 0 bridgehead atoms. The molecule has 1 amide bonds. The van der Waals surface area contributed by atoms with Gasteiger partial charge < -0.3 is 21.1 Å². The van der Waals surface area contributed by atoms with E-state index < -0.39 is 5.60 Å². The van der Waals surface area contributed by atoms with Crippen LogP contribution in [0.25, 0.3) is 0 Å². The fraction of sp³-hybridized carbons (Fsp3) is 0.500. The van der Waals surface area contributed by atoms with Crippen molar-refractivity contribution in [2.24, 2.45) is 0 Å². The maximum absolute atomic E-state index is 11.4. The number of nitrogens with one attached hydrogen (secondary N) is 2. The summed E-state index contributed by atoms with van der Waals surface area (Å²) < 4.78 is 6.25. The number of carbonyl (C=O) groups excluding carboxylic acids is 1. The van der Waals surface area contributed by atoms with Gasteiger partial charge in [-0.1, -0.05) is 0 Å². The van der Waals surface area contributed by atoms with Gasteiger partial charge >= 0.3 is 6.09 Å². The Hall–Kier alpha value is -1.18. The predicted molar refractivity (Wildman–Crippen MR) is 90.9 cm³/mol. The van der Waals surface area contributed by atoms with E-state index in [0.717, 1.165) is 27.9 Å². The molecule has 0 aliphatic heterocycles. The fourth-order valence-corrected chi connectivity index (χ4v) is 2.03. The third-order valence-corrected chi connectivity index (χ3v) is 3.02. The monoisotopic (exact) mass is 391 g/mol. The Balaban J connectivity index is 2.21. The first-order valence-corrected chi connectivity index (χ1v) is 7.61. The van der Waals surface area contributed by atoms with Gasteiger partial charge in [-0.15, -0.1) is 0 Å². The molecule has 0 aliphatic carbocycles. The second-order valence-electron chi connectivity index (χ2n) is 5.44. The molecule has 0 spiro atoms. The smallest absolute Gasteiger partial charge is 0.407 e. The normalized spacial score (nSPS) is 11.0. The van der Waals surface area contributed by atoms with Crippen LogP contribution in [-0.4, -0.2) is 24.8 Å². The van der Waals surface area contributed by atoms with E-state index in [1.54, 1.807) is 0 Å². The van der Waals surface area contributed by atoms with E-state index in [0.29, 0.717) is 6.54 Å². The highest BCUT2D eigenvalue weighted by atomic mass is 127. The molecule has 0 aliphatic rings. The minimum absolute atomic E-state index is 0.383. The number of halogens is 1. The first kappa shape index (κ1) is 16.9. The zero-order valence-electron chi connectivity index (χ0n) is 12.1. The van der Waals surface area contributed by atoms with Crippen molar-refractivity contribution in [3.63, 3.8) is 0 Å². The minimum Gasteiger partial charge on any atom is -0.444 e. The van der Waals surface area contributed by atoms with E-state index in [2.05, 4.69) is 33.2 Å². The number of anilines is 2. The second-order valence-corrected chi connectivity index (χ2v) is 6.69. The molecular formula is C14H22IN3O2. The third-order valence-electron chi connectivity index (χ3n) is 2.35. The van der Waals surface area contributed by atoms with E-state index in [4.69, 9.17) is 10.5 Å². The van der Waals surface area contributed by atoms with Crippen molar-refractivity contribution < 1.29 is 9.53 Å². The molecular weight excluding hydrogens is 369 g/mol. The van der Waals surface area contributed by atoms with E-state index in [1.165, 1.54) is 0 Å². The maximum Gasteiger partial charge on any atom is 0.407 e. The molecule has 112 valence electrons. The Labute approximate surface area is 133 Å². The molecule has 0 saturated carbocycles. The van der Waals surface area contributed by atoms with Crippen molar-refractivity contribution >= 4 is 40.1 Å². The summed E-state index contributed by atoms with van der Waals surface area (Å²) in [5.41, 5.74) is 7.09. The number of hydrogen-bond acceptors (Lipinski definition) is 4. The largest absolute Gasteiger partial charge is 0.444 e. The summed E-state index contributed by atoms with van der Waals surface area (Å²) in [6.45, 7) is 6.82.